The second kappa shape index (κ2) is 7.76. The average Bonchev–Trinajstić information content (AvgIpc) is 2.12. The van der Waals surface area contributed by atoms with Gasteiger partial charge in [0.15, 0.2) is 0 Å². The molecule has 0 rings (SSSR count). The molecule has 0 aliphatic heterocycles. The monoisotopic (exact) mass is 202 g/mol. The van der Waals surface area contributed by atoms with Gasteiger partial charge in [-0.1, -0.05) is 13.3 Å². The largest absolute Gasteiger partial charge is 0.377 e. The number of nitrogens with one attached hydrogen (secondary N) is 1. The number of nitrogens with two attached hydrogens (primary N) is 1. The van der Waals surface area contributed by atoms with Crippen molar-refractivity contribution in [2.75, 3.05) is 13.2 Å². The molecule has 0 fully saturated rings. The Labute approximate surface area is 86.2 Å². The fourth-order valence-electron chi connectivity index (χ4n) is 1.04. The van der Waals surface area contributed by atoms with E-state index in [0.29, 0.717) is 13.2 Å². The van der Waals surface area contributed by atoms with Crippen LogP contribution < -0.4 is 11.1 Å². The summed E-state index contributed by atoms with van der Waals surface area (Å²) in [6.07, 6.45) is 1.87. The van der Waals surface area contributed by atoms with Crippen molar-refractivity contribution in [3.05, 3.63) is 0 Å². The van der Waals surface area contributed by atoms with Crippen LogP contribution in [0.4, 0.5) is 0 Å². The van der Waals surface area contributed by atoms with Gasteiger partial charge in [0.05, 0.1) is 18.8 Å². The summed E-state index contributed by atoms with van der Waals surface area (Å²) >= 11 is 0. The topological polar surface area (TPSA) is 64.4 Å². The van der Waals surface area contributed by atoms with Crippen LogP contribution in [0.2, 0.25) is 0 Å². The second-order valence-electron chi connectivity index (χ2n) is 3.61. The molecule has 0 unspecified atom stereocenters. The molecule has 0 heterocycles. The number of hydrogen-bond donors (Lipinski definition) is 2. The average molecular weight is 202 g/mol. The lowest BCUT2D eigenvalue weighted by atomic mass is 10.2. The minimum atomic E-state index is -0.376. The van der Waals surface area contributed by atoms with E-state index in [2.05, 4.69) is 5.32 Å². The Morgan fingerprint density at radius 3 is 2.64 bits per heavy atom. The lowest BCUT2D eigenvalue weighted by Gasteiger charge is -2.12. The van der Waals surface area contributed by atoms with E-state index < -0.39 is 0 Å². The summed E-state index contributed by atoms with van der Waals surface area (Å²) in [6.45, 7) is 7.01. The fraction of sp³-hybridized carbons (Fsp3) is 0.900. The molecule has 3 N–H and O–H groups in total. The summed E-state index contributed by atoms with van der Waals surface area (Å²) < 4.78 is 5.28. The van der Waals surface area contributed by atoms with Crippen LogP contribution in [0.25, 0.3) is 0 Å². The van der Waals surface area contributed by atoms with Crippen LogP contribution in [0, 0.1) is 0 Å². The maximum absolute atomic E-state index is 11.3. The van der Waals surface area contributed by atoms with Crippen molar-refractivity contribution in [3.8, 4) is 0 Å². The van der Waals surface area contributed by atoms with Crippen LogP contribution in [-0.2, 0) is 9.53 Å². The molecule has 84 valence electrons. The summed E-state index contributed by atoms with van der Waals surface area (Å²) in [5.74, 6) is -0.0841. The van der Waals surface area contributed by atoms with Gasteiger partial charge in [-0.05, 0) is 20.3 Å². The first-order chi connectivity index (χ1) is 6.57. The van der Waals surface area contributed by atoms with Gasteiger partial charge in [0.1, 0.15) is 0 Å². The zero-order chi connectivity index (χ0) is 11.0. The number of carbonyl (C=O) groups is 1. The minimum absolute atomic E-state index is 0.0841. The molecule has 0 saturated heterocycles. The maximum Gasteiger partial charge on any atom is 0.236 e. The number of carbonyl (C=O) groups excluding carboxylic acids is 1. The van der Waals surface area contributed by atoms with Crippen LogP contribution >= 0.6 is 0 Å². The van der Waals surface area contributed by atoms with E-state index in [1.54, 1.807) is 0 Å². The summed E-state index contributed by atoms with van der Waals surface area (Å²) in [4.78, 5) is 11.3. The lowest BCUT2D eigenvalue weighted by Crippen LogP contribution is -2.41. The van der Waals surface area contributed by atoms with Crippen molar-refractivity contribution >= 4 is 5.91 Å². The van der Waals surface area contributed by atoms with E-state index >= 15 is 0 Å². The van der Waals surface area contributed by atoms with Crippen LogP contribution in [0.15, 0.2) is 0 Å². The summed E-state index contributed by atoms with van der Waals surface area (Å²) in [5, 5.41) is 2.73. The molecule has 14 heavy (non-hydrogen) atoms. The molecular weight excluding hydrogens is 180 g/mol. The lowest BCUT2D eigenvalue weighted by molar-refractivity contribution is -0.122. The van der Waals surface area contributed by atoms with Gasteiger partial charge >= 0.3 is 0 Å². The highest BCUT2D eigenvalue weighted by atomic mass is 16.5. The SMILES string of the molecule is CCC[C@H](N)C(=O)NCCOC(C)C. The zero-order valence-electron chi connectivity index (χ0n) is 9.38. The van der Waals surface area contributed by atoms with Gasteiger partial charge in [0.25, 0.3) is 0 Å². The van der Waals surface area contributed by atoms with E-state index in [9.17, 15) is 4.79 Å². The van der Waals surface area contributed by atoms with E-state index in [4.69, 9.17) is 10.5 Å². The van der Waals surface area contributed by atoms with Gasteiger partial charge < -0.3 is 15.8 Å². The van der Waals surface area contributed by atoms with Crippen molar-refractivity contribution in [1.82, 2.24) is 5.32 Å². The molecule has 0 aromatic heterocycles. The van der Waals surface area contributed by atoms with Crippen LogP contribution in [0.3, 0.4) is 0 Å². The number of hydrogen-bond acceptors (Lipinski definition) is 3. The fourth-order valence-corrected chi connectivity index (χ4v) is 1.04. The van der Waals surface area contributed by atoms with Gasteiger partial charge in [0.2, 0.25) is 5.91 Å². The Balaban J connectivity index is 3.44. The predicted octanol–water partition coefficient (Wildman–Crippen LogP) is 0.655. The van der Waals surface area contributed by atoms with E-state index in [0.717, 1.165) is 12.8 Å². The second-order valence-corrected chi connectivity index (χ2v) is 3.61. The summed E-state index contributed by atoms with van der Waals surface area (Å²) in [6, 6.07) is -0.376. The van der Waals surface area contributed by atoms with Crippen molar-refractivity contribution < 1.29 is 9.53 Å². The Morgan fingerprint density at radius 1 is 1.50 bits per heavy atom. The van der Waals surface area contributed by atoms with Gasteiger partial charge in [-0.25, -0.2) is 0 Å². The number of ether oxygens (including phenoxy) is 1. The van der Waals surface area contributed by atoms with Gasteiger partial charge in [-0.15, -0.1) is 0 Å². The Morgan fingerprint density at radius 2 is 2.14 bits per heavy atom. The normalized spacial score (nSPS) is 12.9. The summed E-state index contributed by atoms with van der Waals surface area (Å²) in [7, 11) is 0. The number of rotatable bonds is 7. The molecule has 4 heteroatoms. The third kappa shape index (κ3) is 6.86. The van der Waals surface area contributed by atoms with Crippen LogP contribution in [0.1, 0.15) is 33.6 Å². The minimum Gasteiger partial charge on any atom is -0.377 e. The number of amides is 1. The first-order valence-electron chi connectivity index (χ1n) is 5.22. The molecule has 0 radical (unpaired) electrons. The van der Waals surface area contributed by atoms with E-state index in [-0.39, 0.29) is 18.1 Å². The van der Waals surface area contributed by atoms with E-state index in [1.165, 1.54) is 0 Å². The molecule has 0 aromatic carbocycles. The highest BCUT2D eigenvalue weighted by molar-refractivity contribution is 5.81. The standard InChI is InChI=1S/C10H22N2O2/c1-4-5-9(11)10(13)12-6-7-14-8(2)3/h8-9H,4-7,11H2,1-3H3,(H,12,13)/t9-/m0/s1. The molecule has 0 aliphatic rings. The third-order valence-corrected chi connectivity index (χ3v) is 1.79. The zero-order valence-corrected chi connectivity index (χ0v) is 9.38. The molecule has 0 spiro atoms. The van der Waals surface area contributed by atoms with Gasteiger partial charge in [0, 0.05) is 6.54 Å². The van der Waals surface area contributed by atoms with Gasteiger partial charge in [-0.2, -0.15) is 0 Å². The first kappa shape index (κ1) is 13.4. The van der Waals surface area contributed by atoms with E-state index in [1.807, 2.05) is 20.8 Å². The smallest absolute Gasteiger partial charge is 0.236 e. The molecular formula is C10H22N2O2. The summed E-state index contributed by atoms with van der Waals surface area (Å²) in [5.41, 5.74) is 5.62. The highest BCUT2D eigenvalue weighted by Gasteiger charge is 2.10. The molecule has 1 atom stereocenters. The quantitative estimate of drug-likeness (QED) is 0.596. The molecule has 0 bridgehead atoms. The maximum atomic E-state index is 11.3. The van der Waals surface area contributed by atoms with Crippen LogP contribution in [0.5, 0.6) is 0 Å². The Kier molecular flexibility index (Phi) is 7.42. The van der Waals surface area contributed by atoms with Crippen molar-refractivity contribution in [3.63, 3.8) is 0 Å². The predicted molar refractivity (Wildman–Crippen MR) is 57.0 cm³/mol. The molecule has 0 saturated carbocycles. The van der Waals surface area contributed by atoms with Crippen LogP contribution in [-0.4, -0.2) is 31.2 Å². The van der Waals surface area contributed by atoms with Crippen molar-refractivity contribution in [2.45, 2.75) is 45.8 Å². The molecule has 4 nitrogen and oxygen atoms in total. The molecule has 0 aliphatic carbocycles. The molecule has 0 aromatic rings. The Hall–Kier alpha value is -0.610. The van der Waals surface area contributed by atoms with Crippen molar-refractivity contribution in [2.24, 2.45) is 5.73 Å². The molecule has 1 amide bonds. The first-order valence-corrected chi connectivity index (χ1v) is 5.22. The van der Waals surface area contributed by atoms with Gasteiger partial charge in [-0.3, -0.25) is 4.79 Å². The highest BCUT2D eigenvalue weighted by Crippen LogP contribution is 1.92. The Bertz CT molecular complexity index is 160. The van der Waals surface area contributed by atoms with Crippen molar-refractivity contribution in [1.29, 1.82) is 0 Å². The third-order valence-electron chi connectivity index (χ3n) is 1.79.